The van der Waals surface area contributed by atoms with Crippen molar-refractivity contribution in [1.29, 1.82) is 0 Å². The first-order chi connectivity index (χ1) is 7.27. The van der Waals surface area contributed by atoms with Crippen LogP contribution in [0.4, 0.5) is 5.82 Å². The van der Waals surface area contributed by atoms with Crippen molar-refractivity contribution >= 4 is 50.6 Å². The Kier molecular flexibility index (Phi) is 1.82. The second-order valence-electron chi connectivity index (χ2n) is 3.27. The van der Waals surface area contributed by atoms with E-state index in [1.54, 1.807) is 6.33 Å². The number of para-hydroxylation sites is 1. The van der Waals surface area contributed by atoms with E-state index < -0.39 is 0 Å². The van der Waals surface area contributed by atoms with Gasteiger partial charge in [-0.15, -0.1) is 0 Å². The van der Waals surface area contributed by atoms with Gasteiger partial charge in [0.25, 0.3) is 0 Å². The number of aromatic nitrogens is 3. The molecule has 3 rings (SSSR count). The van der Waals surface area contributed by atoms with Crippen LogP contribution in [-0.2, 0) is 0 Å². The Morgan fingerprint density at radius 2 is 2.07 bits per heavy atom. The first kappa shape index (κ1) is 8.90. The van der Waals surface area contributed by atoms with Gasteiger partial charge in [0.2, 0.25) is 0 Å². The number of pyridine rings is 1. The molecular formula is C10H7IN4. The van der Waals surface area contributed by atoms with Crippen molar-refractivity contribution in [3.63, 3.8) is 0 Å². The summed E-state index contributed by atoms with van der Waals surface area (Å²) in [5.41, 5.74) is 8.54. The minimum Gasteiger partial charge on any atom is -0.382 e. The molecule has 0 amide bonds. The van der Waals surface area contributed by atoms with Gasteiger partial charge >= 0.3 is 0 Å². The Hall–Kier alpha value is -1.37. The molecule has 0 aliphatic carbocycles. The Bertz CT molecular complexity index is 659. The molecule has 5 heteroatoms. The van der Waals surface area contributed by atoms with Gasteiger partial charge in [-0.2, -0.15) is 0 Å². The normalized spacial score (nSPS) is 11.3. The maximum atomic E-state index is 5.85. The Balaban J connectivity index is 2.67. The maximum absolute atomic E-state index is 5.85. The minimum atomic E-state index is 0.485. The SMILES string of the molecule is Nc1nc2ccccc2c2c1ncn2I. The first-order valence-electron chi connectivity index (χ1n) is 4.45. The topological polar surface area (TPSA) is 56.7 Å². The Morgan fingerprint density at radius 3 is 2.93 bits per heavy atom. The number of imidazole rings is 1. The summed E-state index contributed by atoms with van der Waals surface area (Å²) in [6.07, 6.45) is 1.75. The number of nitrogens with two attached hydrogens (primary N) is 1. The highest BCUT2D eigenvalue weighted by Crippen LogP contribution is 2.27. The molecule has 1 aromatic carbocycles. The molecule has 0 aliphatic heterocycles. The van der Waals surface area contributed by atoms with Crippen LogP contribution in [0.5, 0.6) is 0 Å². The number of nitrogen functional groups attached to an aromatic ring is 1. The van der Waals surface area contributed by atoms with Gasteiger partial charge in [0, 0.05) is 5.39 Å². The number of anilines is 1. The molecule has 2 heterocycles. The second-order valence-corrected chi connectivity index (χ2v) is 4.31. The van der Waals surface area contributed by atoms with Gasteiger partial charge in [-0.1, -0.05) is 18.2 Å². The van der Waals surface area contributed by atoms with Crippen LogP contribution in [0.15, 0.2) is 30.6 Å². The Morgan fingerprint density at radius 1 is 1.27 bits per heavy atom. The maximum Gasteiger partial charge on any atom is 0.152 e. The van der Waals surface area contributed by atoms with E-state index in [9.17, 15) is 0 Å². The van der Waals surface area contributed by atoms with Crippen LogP contribution in [0, 0.1) is 0 Å². The van der Waals surface area contributed by atoms with Gasteiger partial charge in [0.15, 0.2) is 5.82 Å². The number of hydrogen-bond donors (Lipinski definition) is 1. The number of halogens is 1. The van der Waals surface area contributed by atoms with Gasteiger partial charge < -0.3 is 5.73 Å². The van der Waals surface area contributed by atoms with Crippen molar-refractivity contribution in [3.8, 4) is 0 Å². The zero-order valence-corrected chi connectivity index (χ0v) is 9.84. The molecule has 2 N–H and O–H groups in total. The van der Waals surface area contributed by atoms with E-state index in [1.807, 2.05) is 27.0 Å². The minimum absolute atomic E-state index is 0.485. The van der Waals surface area contributed by atoms with Crippen LogP contribution in [0.3, 0.4) is 0 Å². The van der Waals surface area contributed by atoms with Crippen molar-refractivity contribution in [1.82, 2.24) is 12.7 Å². The lowest BCUT2D eigenvalue weighted by Gasteiger charge is -2.01. The molecule has 0 aliphatic rings. The highest BCUT2D eigenvalue weighted by molar-refractivity contribution is 14.1. The summed E-state index contributed by atoms with van der Waals surface area (Å²) in [5, 5.41) is 1.08. The van der Waals surface area contributed by atoms with Gasteiger partial charge in [0.1, 0.15) is 11.8 Å². The van der Waals surface area contributed by atoms with E-state index >= 15 is 0 Å². The molecule has 3 aromatic rings. The fraction of sp³-hybridized carbons (Fsp3) is 0. The fourth-order valence-corrected chi connectivity index (χ4v) is 2.33. The molecule has 0 atom stereocenters. The van der Waals surface area contributed by atoms with E-state index in [-0.39, 0.29) is 0 Å². The third kappa shape index (κ3) is 1.19. The Labute approximate surface area is 99.6 Å². The van der Waals surface area contributed by atoms with E-state index in [0.29, 0.717) is 5.82 Å². The molecule has 0 saturated carbocycles. The molecule has 0 saturated heterocycles. The molecule has 0 unspecified atom stereocenters. The van der Waals surface area contributed by atoms with Crippen LogP contribution >= 0.6 is 22.9 Å². The number of rotatable bonds is 0. The van der Waals surface area contributed by atoms with E-state index in [4.69, 9.17) is 5.73 Å². The van der Waals surface area contributed by atoms with Crippen molar-refractivity contribution in [2.75, 3.05) is 5.73 Å². The summed E-state index contributed by atoms with van der Waals surface area (Å²) in [6.45, 7) is 0. The summed E-state index contributed by atoms with van der Waals surface area (Å²) < 4.78 is 1.94. The largest absolute Gasteiger partial charge is 0.382 e. The number of hydrogen-bond acceptors (Lipinski definition) is 3. The monoisotopic (exact) mass is 310 g/mol. The van der Waals surface area contributed by atoms with E-state index in [0.717, 1.165) is 21.9 Å². The lowest BCUT2D eigenvalue weighted by Crippen LogP contribution is -1.93. The van der Waals surface area contributed by atoms with E-state index in [1.165, 1.54) is 0 Å². The predicted molar refractivity (Wildman–Crippen MR) is 68.9 cm³/mol. The molecule has 74 valence electrons. The smallest absolute Gasteiger partial charge is 0.152 e. The molecule has 0 fully saturated rings. The van der Waals surface area contributed by atoms with Crippen LogP contribution in [-0.4, -0.2) is 12.7 Å². The van der Waals surface area contributed by atoms with Crippen molar-refractivity contribution in [2.24, 2.45) is 0 Å². The lowest BCUT2D eigenvalue weighted by atomic mass is 10.2. The molecule has 4 nitrogen and oxygen atoms in total. The molecular weight excluding hydrogens is 303 g/mol. The van der Waals surface area contributed by atoms with Gasteiger partial charge in [-0.25, -0.2) is 9.97 Å². The summed E-state index contributed by atoms with van der Waals surface area (Å²) in [5.74, 6) is 0.485. The molecule has 15 heavy (non-hydrogen) atoms. The number of fused-ring (bicyclic) bond motifs is 3. The fourth-order valence-electron chi connectivity index (χ4n) is 1.71. The lowest BCUT2D eigenvalue weighted by molar-refractivity contribution is 1.31. The summed E-state index contributed by atoms with van der Waals surface area (Å²) in [7, 11) is 0. The molecule has 0 spiro atoms. The second kappa shape index (κ2) is 3.06. The molecule has 0 radical (unpaired) electrons. The van der Waals surface area contributed by atoms with Crippen LogP contribution in [0.1, 0.15) is 0 Å². The van der Waals surface area contributed by atoms with Crippen molar-refractivity contribution < 1.29 is 0 Å². The first-order valence-corrected chi connectivity index (χ1v) is 5.41. The summed E-state index contributed by atoms with van der Waals surface area (Å²) in [6, 6.07) is 7.92. The zero-order chi connectivity index (χ0) is 10.4. The number of nitrogens with zero attached hydrogens (tertiary/aromatic N) is 3. The van der Waals surface area contributed by atoms with Crippen molar-refractivity contribution in [3.05, 3.63) is 30.6 Å². The van der Waals surface area contributed by atoms with Gasteiger partial charge in [-0.05, 0) is 6.07 Å². The average Bonchev–Trinajstić information content (AvgIpc) is 2.62. The average molecular weight is 310 g/mol. The van der Waals surface area contributed by atoms with Gasteiger partial charge in [-0.3, -0.25) is 2.78 Å². The summed E-state index contributed by atoms with van der Waals surface area (Å²) >= 11 is 2.19. The van der Waals surface area contributed by atoms with Crippen LogP contribution in [0.25, 0.3) is 21.9 Å². The third-order valence-electron chi connectivity index (χ3n) is 2.37. The van der Waals surface area contributed by atoms with Gasteiger partial charge in [0.05, 0.1) is 33.9 Å². The highest BCUT2D eigenvalue weighted by Gasteiger charge is 2.10. The van der Waals surface area contributed by atoms with Crippen LogP contribution < -0.4 is 5.73 Å². The van der Waals surface area contributed by atoms with Crippen molar-refractivity contribution in [2.45, 2.75) is 0 Å². The molecule has 2 aromatic heterocycles. The molecule has 0 bridgehead atoms. The number of benzene rings is 1. The van der Waals surface area contributed by atoms with Crippen LogP contribution in [0.2, 0.25) is 0 Å². The quantitative estimate of drug-likeness (QED) is 0.649. The predicted octanol–water partition coefficient (Wildman–Crippen LogP) is 2.36. The summed E-state index contributed by atoms with van der Waals surface area (Å²) in [4.78, 5) is 8.55. The highest BCUT2D eigenvalue weighted by atomic mass is 127. The standard InChI is InChI=1S/C10H7IN4/c11-15-5-13-8-9(15)6-3-1-2-4-7(6)14-10(8)12/h1-5H,(H2,12,14). The zero-order valence-electron chi connectivity index (χ0n) is 7.68. The third-order valence-corrected chi connectivity index (χ3v) is 3.10. The van der Waals surface area contributed by atoms with E-state index in [2.05, 4.69) is 32.8 Å².